The van der Waals surface area contributed by atoms with Crippen LogP contribution in [0.3, 0.4) is 0 Å². The molecule has 4 nitrogen and oxygen atoms in total. The van der Waals surface area contributed by atoms with Crippen LogP contribution < -0.4 is 5.32 Å². The topological polar surface area (TPSA) is 52.6 Å². The Morgan fingerprint density at radius 3 is 2.57 bits per heavy atom. The van der Waals surface area contributed by atoms with Gasteiger partial charge in [-0.15, -0.1) is 0 Å². The van der Waals surface area contributed by atoms with Gasteiger partial charge in [0.2, 0.25) is 0 Å². The van der Waals surface area contributed by atoms with Crippen LogP contribution in [0.1, 0.15) is 64.2 Å². The molecular weight excluding hydrogens is 264 g/mol. The van der Waals surface area contributed by atoms with Crippen LogP contribution >= 0.6 is 0 Å². The highest BCUT2D eigenvalue weighted by atomic mass is 16.3. The summed E-state index contributed by atoms with van der Waals surface area (Å²) in [4.78, 5) is 13.7. The van der Waals surface area contributed by atoms with Gasteiger partial charge in [0.25, 0.3) is 5.91 Å². The number of likely N-dealkylation sites (tertiary alicyclic amines) is 1. The van der Waals surface area contributed by atoms with Crippen LogP contribution in [0.2, 0.25) is 0 Å². The molecule has 1 heterocycles. The van der Waals surface area contributed by atoms with Crippen LogP contribution in [-0.2, 0) is 4.79 Å². The molecule has 0 radical (unpaired) electrons. The summed E-state index contributed by atoms with van der Waals surface area (Å²) in [7, 11) is 1.78. The fraction of sp³-hybridized carbons (Fsp3) is 0.941. The maximum atomic E-state index is 12.1. The lowest BCUT2D eigenvalue weighted by Gasteiger charge is -2.36. The third kappa shape index (κ3) is 4.96. The van der Waals surface area contributed by atoms with Crippen LogP contribution in [0.4, 0.5) is 0 Å². The summed E-state index contributed by atoms with van der Waals surface area (Å²) in [6, 6.07) is 0. The molecule has 1 saturated heterocycles. The number of amides is 1. The maximum absolute atomic E-state index is 12.1. The molecule has 1 saturated carbocycles. The number of carbonyl (C=O) groups excluding carboxylic acids is 1. The molecule has 21 heavy (non-hydrogen) atoms. The Hall–Kier alpha value is -0.610. The fourth-order valence-corrected chi connectivity index (χ4v) is 3.77. The second-order valence-electron chi connectivity index (χ2n) is 7.04. The van der Waals surface area contributed by atoms with E-state index in [1.165, 1.54) is 51.4 Å². The molecule has 4 heteroatoms. The van der Waals surface area contributed by atoms with Gasteiger partial charge in [0, 0.05) is 20.1 Å². The van der Waals surface area contributed by atoms with Gasteiger partial charge < -0.3 is 15.3 Å². The standard InChI is InChI=1S/C17H32N2O2/c1-19-13-7-11-17(21,16(19)20)14-18-12-10-15-8-5-3-2-4-6-9-15/h15,18,21H,2-14H2,1H3. The number of aliphatic hydroxyl groups is 1. The number of piperidine rings is 1. The van der Waals surface area contributed by atoms with Gasteiger partial charge in [-0.25, -0.2) is 0 Å². The quantitative estimate of drug-likeness (QED) is 0.766. The van der Waals surface area contributed by atoms with Crippen LogP contribution in [-0.4, -0.2) is 48.2 Å². The predicted octanol–water partition coefficient (Wildman–Crippen LogP) is 2.31. The lowest BCUT2D eigenvalue weighted by molar-refractivity contribution is -0.154. The second kappa shape index (κ2) is 8.14. The zero-order valence-corrected chi connectivity index (χ0v) is 13.6. The number of hydrogen-bond acceptors (Lipinski definition) is 3. The van der Waals surface area contributed by atoms with Gasteiger partial charge in [-0.05, 0) is 31.7 Å². The minimum absolute atomic E-state index is 0.118. The van der Waals surface area contributed by atoms with Gasteiger partial charge >= 0.3 is 0 Å². The third-order valence-corrected chi connectivity index (χ3v) is 5.20. The van der Waals surface area contributed by atoms with E-state index >= 15 is 0 Å². The maximum Gasteiger partial charge on any atom is 0.255 e. The summed E-state index contributed by atoms with van der Waals surface area (Å²) in [5.41, 5.74) is -1.17. The van der Waals surface area contributed by atoms with E-state index in [2.05, 4.69) is 5.32 Å². The predicted molar refractivity (Wildman–Crippen MR) is 85.1 cm³/mol. The summed E-state index contributed by atoms with van der Waals surface area (Å²) in [6.45, 7) is 2.09. The number of nitrogens with zero attached hydrogens (tertiary/aromatic N) is 1. The van der Waals surface area contributed by atoms with Crippen molar-refractivity contribution >= 4 is 5.91 Å². The Balaban J connectivity index is 1.67. The van der Waals surface area contributed by atoms with E-state index in [1.807, 2.05) is 0 Å². The minimum atomic E-state index is -1.17. The zero-order chi connectivity index (χ0) is 15.1. The molecule has 0 bridgehead atoms. The van der Waals surface area contributed by atoms with Crippen molar-refractivity contribution in [1.82, 2.24) is 10.2 Å². The first-order valence-corrected chi connectivity index (χ1v) is 8.80. The van der Waals surface area contributed by atoms with Crippen molar-refractivity contribution in [1.29, 1.82) is 0 Å². The van der Waals surface area contributed by atoms with E-state index in [0.717, 1.165) is 25.4 Å². The van der Waals surface area contributed by atoms with E-state index in [-0.39, 0.29) is 5.91 Å². The van der Waals surface area contributed by atoms with Crippen molar-refractivity contribution in [3.63, 3.8) is 0 Å². The van der Waals surface area contributed by atoms with Gasteiger partial charge in [-0.2, -0.15) is 0 Å². The van der Waals surface area contributed by atoms with Crippen molar-refractivity contribution in [2.45, 2.75) is 69.8 Å². The van der Waals surface area contributed by atoms with E-state index in [0.29, 0.717) is 13.0 Å². The van der Waals surface area contributed by atoms with Crippen LogP contribution in [0, 0.1) is 5.92 Å². The molecule has 1 aliphatic heterocycles. The number of likely N-dealkylation sites (N-methyl/N-ethyl adjacent to an activating group) is 1. The largest absolute Gasteiger partial charge is 0.379 e. The molecule has 0 aromatic carbocycles. The van der Waals surface area contributed by atoms with E-state index in [4.69, 9.17) is 0 Å². The molecule has 2 rings (SSSR count). The van der Waals surface area contributed by atoms with Crippen molar-refractivity contribution in [2.24, 2.45) is 5.92 Å². The SMILES string of the molecule is CN1CCCC(O)(CNCCC2CCCCCCC2)C1=O. The van der Waals surface area contributed by atoms with Crippen LogP contribution in [0.5, 0.6) is 0 Å². The van der Waals surface area contributed by atoms with Gasteiger partial charge in [0.05, 0.1) is 0 Å². The average molecular weight is 296 g/mol. The van der Waals surface area contributed by atoms with Crippen molar-refractivity contribution in [3.8, 4) is 0 Å². The van der Waals surface area contributed by atoms with Crippen molar-refractivity contribution in [2.75, 3.05) is 26.7 Å². The lowest BCUT2D eigenvalue weighted by atomic mass is 9.88. The van der Waals surface area contributed by atoms with Crippen LogP contribution in [0.15, 0.2) is 0 Å². The summed E-state index contributed by atoms with van der Waals surface area (Å²) >= 11 is 0. The third-order valence-electron chi connectivity index (χ3n) is 5.20. The number of hydrogen-bond donors (Lipinski definition) is 2. The van der Waals surface area contributed by atoms with Crippen molar-refractivity contribution in [3.05, 3.63) is 0 Å². The first-order chi connectivity index (χ1) is 10.1. The fourth-order valence-electron chi connectivity index (χ4n) is 3.77. The highest BCUT2D eigenvalue weighted by Gasteiger charge is 2.40. The first kappa shape index (κ1) is 16.8. The smallest absolute Gasteiger partial charge is 0.255 e. The van der Waals surface area contributed by atoms with E-state index in [1.54, 1.807) is 11.9 Å². The Morgan fingerprint density at radius 2 is 1.86 bits per heavy atom. The Kier molecular flexibility index (Phi) is 6.49. The summed E-state index contributed by atoms with van der Waals surface area (Å²) < 4.78 is 0. The summed E-state index contributed by atoms with van der Waals surface area (Å²) in [5.74, 6) is 0.712. The Morgan fingerprint density at radius 1 is 1.19 bits per heavy atom. The second-order valence-corrected chi connectivity index (χ2v) is 7.04. The first-order valence-electron chi connectivity index (χ1n) is 8.80. The summed E-state index contributed by atoms with van der Waals surface area (Å²) in [6.07, 6.45) is 12.3. The van der Waals surface area contributed by atoms with Gasteiger partial charge in [-0.3, -0.25) is 4.79 Å². The van der Waals surface area contributed by atoms with E-state index < -0.39 is 5.60 Å². The highest BCUT2D eigenvalue weighted by Crippen LogP contribution is 2.25. The molecule has 1 unspecified atom stereocenters. The average Bonchev–Trinajstić information content (AvgIpc) is 2.43. The Bertz CT molecular complexity index is 327. The molecule has 2 N–H and O–H groups in total. The van der Waals surface area contributed by atoms with Crippen LogP contribution in [0.25, 0.3) is 0 Å². The molecule has 0 spiro atoms. The number of rotatable bonds is 5. The van der Waals surface area contributed by atoms with E-state index in [9.17, 15) is 9.90 Å². The lowest BCUT2D eigenvalue weighted by Crippen LogP contribution is -2.57. The molecule has 2 fully saturated rings. The normalized spacial score (nSPS) is 29.2. The zero-order valence-electron chi connectivity index (χ0n) is 13.6. The minimum Gasteiger partial charge on any atom is -0.379 e. The van der Waals surface area contributed by atoms with Gasteiger partial charge in [0.15, 0.2) is 5.60 Å². The van der Waals surface area contributed by atoms with Crippen molar-refractivity contribution < 1.29 is 9.90 Å². The monoisotopic (exact) mass is 296 g/mol. The highest BCUT2D eigenvalue weighted by molar-refractivity contribution is 5.85. The number of nitrogens with one attached hydrogen (secondary N) is 1. The molecule has 1 amide bonds. The molecule has 0 aromatic heterocycles. The number of carbonyl (C=O) groups is 1. The molecular formula is C17H32N2O2. The molecule has 1 aliphatic carbocycles. The van der Waals surface area contributed by atoms with Gasteiger partial charge in [-0.1, -0.05) is 44.9 Å². The molecule has 0 aromatic rings. The van der Waals surface area contributed by atoms with Gasteiger partial charge in [0.1, 0.15) is 0 Å². The molecule has 2 aliphatic rings. The molecule has 122 valence electrons. The molecule has 1 atom stereocenters. The summed E-state index contributed by atoms with van der Waals surface area (Å²) in [5, 5.41) is 13.8. The Labute approximate surface area is 129 Å².